The van der Waals surface area contributed by atoms with Crippen LogP contribution in [0.25, 0.3) is 22.5 Å². The smallest absolute Gasteiger partial charge is 0.281 e. The Kier molecular flexibility index (Phi) is 8.30. The lowest BCUT2D eigenvalue weighted by Gasteiger charge is -2.18. The van der Waals surface area contributed by atoms with Crippen LogP contribution < -0.4 is 15.8 Å². The molecule has 4 N–H and O–H groups in total. The average Bonchev–Trinajstić information content (AvgIpc) is 3.27. The number of aromatic nitrogens is 2. The Bertz CT molecular complexity index is 1370. The summed E-state index contributed by atoms with van der Waals surface area (Å²) >= 11 is 7.54. The Hall–Kier alpha value is -3.33. The number of rotatable bonds is 9. The summed E-state index contributed by atoms with van der Waals surface area (Å²) in [6.45, 7) is 2.21. The molecule has 0 aliphatic carbocycles. The van der Waals surface area contributed by atoms with E-state index in [-0.39, 0.29) is 5.69 Å². The maximum Gasteiger partial charge on any atom is 0.281 e. The van der Waals surface area contributed by atoms with Gasteiger partial charge in [-0.3, -0.25) is 4.72 Å². The predicted molar refractivity (Wildman–Crippen MR) is 144 cm³/mol. The van der Waals surface area contributed by atoms with E-state index in [4.69, 9.17) is 17.3 Å². The van der Waals surface area contributed by atoms with Crippen LogP contribution in [0.15, 0.2) is 84.0 Å². The summed E-state index contributed by atoms with van der Waals surface area (Å²) in [7, 11) is 1.87. The molecule has 0 spiro atoms. The Morgan fingerprint density at radius 3 is 2.53 bits per heavy atom. The quantitative estimate of drug-likeness (QED) is 0.212. The Morgan fingerprint density at radius 1 is 1.11 bits per heavy atom. The van der Waals surface area contributed by atoms with Gasteiger partial charge in [0, 0.05) is 34.4 Å². The first kappa shape index (κ1) is 25.8. The first-order valence-corrected chi connectivity index (χ1v) is 12.4. The molecule has 3 aromatic carbocycles. The molecule has 0 saturated heterocycles. The third-order valence-corrected chi connectivity index (χ3v) is 6.57. The molecule has 0 unspecified atom stereocenters. The monoisotopic (exact) mass is 525 g/mol. The molecule has 0 radical (unpaired) electrons. The molecule has 4 rings (SSSR count). The Labute approximate surface area is 218 Å². The van der Waals surface area contributed by atoms with Gasteiger partial charge in [-0.05, 0) is 79.0 Å². The van der Waals surface area contributed by atoms with E-state index in [0.29, 0.717) is 28.8 Å². The van der Waals surface area contributed by atoms with Crippen molar-refractivity contribution in [2.24, 2.45) is 5.73 Å². The van der Waals surface area contributed by atoms with Gasteiger partial charge in [-0.25, -0.2) is 13.8 Å². The molecule has 0 fully saturated rings. The molecule has 0 bridgehead atoms. The number of nitrogens with one attached hydrogen (secondary N) is 2. The van der Waals surface area contributed by atoms with Crippen molar-refractivity contribution in [2.45, 2.75) is 24.8 Å². The third-order valence-electron chi connectivity index (χ3n) is 5.62. The van der Waals surface area contributed by atoms with Crippen LogP contribution in [0.3, 0.4) is 0 Å². The predicted octanol–water partition coefficient (Wildman–Crippen LogP) is 6.71. The van der Waals surface area contributed by atoms with Crippen LogP contribution >= 0.6 is 23.5 Å². The van der Waals surface area contributed by atoms with Crippen molar-refractivity contribution in [3.63, 3.8) is 0 Å². The first-order valence-electron chi connectivity index (χ1n) is 11.2. The summed E-state index contributed by atoms with van der Waals surface area (Å²) in [6, 6.07) is 21.5. The van der Waals surface area contributed by atoms with Gasteiger partial charge < -0.3 is 15.6 Å². The fraction of sp³-hybridized carbons (Fsp3) is 0.148. The average molecular weight is 526 g/mol. The molecule has 0 aliphatic heterocycles. The summed E-state index contributed by atoms with van der Waals surface area (Å²) in [6.07, 6.45) is 0.204. The minimum Gasteiger partial charge on any atom is -0.403 e. The lowest BCUT2D eigenvalue weighted by molar-refractivity contribution is 0.146. The first-order chi connectivity index (χ1) is 17.4. The minimum atomic E-state index is -2.66. The zero-order valence-corrected chi connectivity index (χ0v) is 21.4. The highest BCUT2D eigenvalue weighted by atomic mass is 35.5. The molecule has 1 aromatic heterocycles. The van der Waals surface area contributed by atoms with Crippen LogP contribution in [-0.4, -0.2) is 16.6 Å². The van der Waals surface area contributed by atoms with Crippen molar-refractivity contribution in [2.75, 3.05) is 7.05 Å². The van der Waals surface area contributed by atoms with E-state index in [0.717, 1.165) is 27.1 Å². The zero-order valence-electron chi connectivity index (χ0n) is 19.8. The molecule has 186 valence electrons. The summed E-state index contributed by atoms with van der Waals surface area (Å²) < 4.78 is 31.5. The number of hydrogen-bond acceptors (Lipinski definition) is 5. The van der Waals surface area contributed by atoms with Crippen molar-refractivity contribution in [1.29, 1.82) is 0 Å². The molecule has 0 amide bonds. The van der Waals surface area contributed by atoms with Gasteiger partial charge in [0.15, 0.2) is 0 Å². The third kappa shape index (κ3) is 5.90. The van der Waals surface area contributed by atoms with Gasteiger partial charge in [-0.1, -0.05) is 41.9 Å². The second-order valence-corrected chi connectivity index (χ2v) is 9.53. The number of nitrogens with zero attached hydrogens (tertiary/aromatic N) is 2. The minimum absolute atomic E-state index is 0.272. The summed E-state index contributed by atoms with van der Waals surface area (Å²) in [5.41, 5.74) is 10.9. The van der Waals surface area contributed by atoms with Crippen LogP contribution in [0.1, 0.15) is 29.1 Å². The van der Waals surface area contributed by atoms with E-state index in [2.05, 4.69) is 21.1 Å². The van der Waals surface area contributed by atoms with E-state index >= 15 is 0 Å². The van der Waals surface area contributed by atoms with E-state index in [1.54, 1.807) is 11.5 Å². The number of alkyl halides is 2. The molecule has 5 nitrogen and oxygen atoms in total. The van der Waals surface area contributed by atoms with Crippen LogP contribution in [0.5, 0.6) is 0 Å². The molecule has 4 aromatic rings. The van der Waals surface area contributed by atoms with Gasteiger partial charge in [-0.15, -0.1) is 0 Å². The maximum absolute atomic E-state index is 13.4. The van der Waals surface area contributed by atoms with Gasteiger partial charge >= 0.3 is 0 Å². The molecule has 0 atom stereocenters. The standard InChI is InChI=1S/C27H26ClF2N5S/c1-17-34-25(27(29)30)16-35(17)26-11-8-20(19-4-3-5-22(12-19)36-32-2)13-23(26)24(14-31)33-15-18-6-9-21(28)10-7-18/h3-14,16,27,32-33H,15,31H2,1-2H3/b24-14-. The van der Waals surface area contributed by atoms with Crippen LogP contribution in [0, 0.1) is 6.92 Å². The second-order valence-electron chi connectivity index (χ2n) is 8.01. The van der Waals surface area contributed by atoms with Crippen LogP contribution in [-0.2, 0) is 6.54 Å². The molecule has 0 saturated carbocycles. The normalized spacial score (nSPS) is 11.8. The molecule has 9 heteroatoms. The number of nitrogens with two attached hydrogens (primary N) is 1. The van der Waals surface area contributed by atoms with Gasteiger partial charge in [0.2, 0.25) is 0 Å². The summed E-state index contributed by atoms with van der Waals surface area (Å²) in [4.78, 5) is 5.12. The van der Waals surface area contributed by atoms with Gasteiger partial charge in [-0.2, -0.15) is 0 Å². The lowest BCUT2D eigenvalue weighted by atomic mass is 9.99. The highest BCUT2D eigenvalue weighted by Gasteiger charge is 2.18. The zero-order chi connectivity index (χ0) is 25.7. The van der Waals surface area contributed by atoms with E-state index in [1.807, 2.05) is 67.7 Å². The van der Waals surface area contributed by atoms with Crippen molar-refractivity contribution in [3.8, 4) is 16.8 Å². The van der Waals surface area contributed by atoms with Crippen molar-refractivity contribution < 1.29 is 8.78 Å². The fourth-order valence-corrected chi connectivity index (χ4v) is 4.58. The number of aryl methyl sites for hydroxylation is 1. The maximum atomic E-state index is 13.4. The largest absolute Gasteiger partial charge is 0.403 e. The van der Waals surface area contributed by atoms with Gasteiger partial charge in [0.1, 0.15) is 11.5 Å². The summed E-state index contributed by atoms with van der Waals surface area (Å²) in [5.74, 6) is 0.459. The highest BCUT2D eigenvalue weighted by Crippen LogP contribution is 2.31. The second kappa shape index (κ2) is 11.6. The van der Waals surface area contributed by atoms with E-state index < -0.39 is 6.43 Å². The van der Waals surface area contributed by atoms with Crippen molar-refractivity contribution >= 4 is 29.2 Å². The highest BCUT2D eigenvalue weighted by molar-refractivity contribution is 7.97. The molecule has 0 aliphatic rings. The van der Waals surface area contributed by atoms with E-state index in [9.17, 15) is 8.78 Å². The number of benzene rings is 3. The van der Waals surface area contributed by atoms with Gasteiger partial charge in [0.05, 0.1) is 11.4 Å². The Morgan fingerprint density at radius 2 is 1.86 bits per heavy atom. The molecular weight excluding hydrogens is 500 g/mol. The lowest BCUT2D eigenvalue weighted by Crippen LogP contribution is -2.15. The van der Waals surface area contributed by atoms with Crippen LogP contribution in [0.2, 0.25) is 5.02 Å². The molecule has 1 heterocycles. The number of halogens is 3. The Balaban J connectivity index is 1.78. The topological polar surface area (TPSA) is 67.9 Å². The molecular formula is C27H26ClF2N5S. The SMILES string of the molecule is CNSc1cccc(-c2ccc(-n3cc(C(F)F)nc3C)c(/C(=C/N)NCc3ccc(Cl)cc3)c2)c1. The van der Waals surface area contributed by atoms with Crippen molar-refractivity contribution in [1.82, 2.24) is 19.6 Å². The number of imidazole rings is 1. The molecule has 36 heavy (non-hydrogen) atoms. The van der Waals surface area contributed by atoms with Gasteiger partial charge in [0.25, 0.3) is 6.43 Å². The summed E-state index contributed by atoms with van der Waals surface area (Å²) in [5, 5.41) is 4.05. The van der Waals surface area contributed by atoms with Crippen LogP contribution in [0.4, 0.5) is 8.78 Å². The fourth-order valence-electron chi connectivity index (χ4n) is 3.89. The number of hydrogen-bond donors (Lipinski definition) is 3. The van der Waals surface area contributed by atoms with E-state index in [1.165, 1.54) is 24.3 Å². The van der Waals surface area contributed by atoms with Crippen molar-refractivity contribution in [3.05, 3.63) is 107 Å².